The van der Waals surface area contributed by atoms with E-state index in [9.17, 15) is 17.6 Å². The van der Waals surface area contributed by atoms with E-state index in [4.69, 9.17) is 4.18 Å². The maximum absolute atomic E-state index is 12.8. The van der Waals surface area contributed by atoms with Crippen LogP contribution in [0.3, 0.4) is 0 Å². The number of benzene rings is 2. The van der Waals surface area contributed by atoms with Crippen LogP contribution in [0.2, 0.25) is 0 Å². The molecule has 2 rings (SSSR count). The van der Waals surface area contributed by atoms with Crippen LogP contribution in [0.15, 0.2) is 51.8 Å². The quantitative estimate of drug-likeness (QED) is 0.608. The summed E-state index contributed by atoms with van der Waals surface area (Å²) in [6.45, 7) is 1.30. The van der Waals surface area contributed by atoms with Gasteiger partial charge in [0.2, 0.25) is 0 Å². The van der Waals surface area contributed by atoms with Crippen molar-refractivity contribution < 1.29 is 21.8 Å². The third kappa shape index (κ3) is 3.68. The van der Waals surface area contributed by atoms with Gasteiger partial charge in [-0.1, -0.05) is 15.9 Å². The first-order valence-electron chi connectivity index (χ1n) is 5.80. The third-order valence-corrected chi connectivity index (χ3v) is 4.36. The van der Waals surface area contributed by atoms with Crippen LogP contribution >= 0.6 is 15.9 Å². The second kappa shape index (κ2) is 5.95. The van der Waals surface area contributed by atoms with Crippen LogP contribution in [-0.2, 0) is 10.1 Å². The van der Waals surface area contributed by atoms with Crippen molar-refractivity contribution in [3.05, 3.63) is 58.3 Å². The molecule has 0 N–H and O–H groups in total. The number of rotatable bonds is 4. The topological polar surface area (TPSA) is 60.4 Å². The van der Waals surface area contributed by atoms with Gasteiger partial charge in [0, 0.05) is 4.47 Å². The Labute approximate surface area is 129 Å². The van der Waals surface area contributed by atoms with Gasteiger partial charge >= 0.3 is 10.1 Å². The van der Waals surface area contributed by atoms with E-state index in [1.54, 1.807) is 6.07 Å². The summed E-state index contributed by atoms with van der Waals surface area (Å²) in [5.74, 6) is -0.961. The molecular formula is C14H10BrFO4S. The average Bonchev–Trinajstić information content (AvgIpc) is 2.41. The summed E-state index contributed by atoms with van der Waals surface area (Å²) in [4.78, 5) is 11.3. The smallest absolute Gasteiger partial charge is 0.339 e. The first kappa shape index (κ1) is 15.7. The van der Waals surface area contributed by atoms with E-state index in [0.717, 1.165) is 24.3 Å². The minimum absolute atomic E-state index is 0.0741. The van der Waals surface area contributed by atoms with Crippen LogP contribution in [0.25, 0.3) is 0 Å². The summed E-state index contributed by atoms with van der Waals surface area (Å²) in [6, 6.07) is 8.63. The van der Waals surface area contributed by atoms with Crippen molar-refractivity contribution in [3.63, 3.8) is 0 Å². The lowest BCUT2D eigenvalue weighted by Crippen LogP contribution is -2.12. The zero-order valence-corrected chi connectivity index (χ0v) is 13.2. The summed E-state index contributed by atoms with van der Waals surface area (Å²) >= 11 is 3.20. The number of Topliss-reactive ketones (excluding diaryl/α,β-unsaturated/α-hetero) is 1. The Morgan fingerprint density at radius 3 is 2.33 bits per heavy atom. The van der Waals surface area contributed by atoms with Gasteiger partial charge in [-0.15, -0.1) is 0 Å². The molecule has 0 saturated heterocycles. The summed E-state index contributed by atoms with van der Waals surface area (Å²) in [6.07, 6.45) is 0. The molecule has 2 aromatic rings. The highest BCUT2D eigenvalue weighted by molar-refractivity contribution is 9.10. The van der Waals surface area contributed by atoms with Crippen LogP contribution in [0.5, 0.6) is 5.75 Å². The number of hydrogen-bond acceptors (Lipinski definition) is 4. The predicted molar refractivity (Wildman–Crippen MR) is 78.4 cm³/mol. The Balaban J connectivity index is 2.41. The number of ketones is 1. The van der Waals surface area contributed by atoms with Gasteiger partial charge in [-0.25, -0.2) is 4.39 Å². The van der Waals surface area contributed by atoms with Crippen molar-refractivity contribution >= 4 is 31.8 Å². The lowest BCUT2D eigenvalue weighted by molar-refractivity contribution is 0.101. The van der Waals surface area contributed by atoms with E-state index in [-0.39, 0.29) is 22.0 Å². The van der Waals surface area contributed by atoms with Crippen molar-refractivity contribution in [2.75, 3.05) is 0 Å². The van der Waals surface area contributed by atoms with E-state index >= 15 is 0 Å². The van der Waals surface area contributed by atoms with Gasteiger partial charge in [-0.2, -0.15) is 8.42 Å². The van der Waals surface area contributed by atoms with Crippen LogP contribution in [0.4, 0.5) is 4.39 Å². The van der Waals surface area contributed by atoms with Crippen molar-refractivity contribution in [2.24, 2.45) is 0 Å². The number of carbonyl (C=O) groups is 1. The standard InChI is InChI=1S/C14H10BrFO4S/c1-9(17)13-8-10(15)2-7-14(13)20-21(18,19)12-5-3-11(16)4-6-12/h2-8H,1H3. The monoisotopic (exact) mass is 372 g/mol. The molecule has 0 aliphatic rings. The fourth-order valence-corrected chi connectivity index (χ4v) is 2.93. The molecule has 4 nitrogen and oxygen atoms in total. The maximum atomic E-state index is 12.8. The van der Waals surface area contributed by atoms with Crippen molar-refractivity contribution in [1.82, 2.24) is 0 Å². The molecule has 0 atom stereocenters. The molecule has 0 amide bonds. The molecule has 110 valence electrons. The normalized spacial score (nSPS) is 11.2. The van der Waals surface area contributed by atoms with E-state index < -0.39 is 15.9 Å². The summed E-state index contributed by atoms with van der Waals surface area (Å²) in [5.41, 5.74) is 0.134. The summed E-state index contributed by atoms with van der Waals surface area (Å²) in [5, 5.41) is 0. The van der Waals surface area contributed by atoms with Crippen molar-refractivity contribution in [2.45, 2.75) is 11.8 Å². The molecule has 0 spiro atoms. The summed E-state index contributed by atoms with van der Waals surface area (Å²) < 4.78 is 42.6. The number of hydrogen-bond donors (Lipinski definition) is 0. The van der Waals surface area contributed by atoms with Crippen molar-refractivity contribution in [3.8, 4) is 5.75 Å². The molecule has 0 aliphatic carbocycles. The molecule has 0 heterocycles. The average molecular weight is 373 g/mol. The molecule has 0 fully saturated rings. The van der Waals surface area contributed by atoms with E-state index in [2.05, 4.69) is 15.9 Å². The number of carbonyl (C=O) groups excluding carboxylic acids is 1. The Morgan fingerprint density at radius 1 is 1.14 bits per heavy atom. The minimum atomic E-state index is -4.13. The summed E-state index contributed by atoms with van der Waals surface area (Å²) in [7, 11) is -4.13. The highest BCUT2D eigenvalue weighted by Crippen LogP contribution is 2.26. The van der Waals surface area contributed by atoms with Crippen LogP contribution in [0, 0.1) is 5.82 Å². The number of halogens is 2. The van der Waals surface area contributed by atoms with Gasteiger partial charge in [-0.3, -0.25) is 4.79 Å². The van der Waals surface area contributed by atoms with Gasteiger partial charge in [0.15, 0.2) is 11.5 Å². The van der Waals surface area contributed by atoms with Crippen LogP contribution < -0.4 is 4.18 Å². The SMILES string of the molecule is CC(=O)c1cc(Br)ccc1OS(=O)(=O)c1ccc(F)cc1. The van der Waals surface area contributed by atoms with Crippen LogP contribution in [-0.4, -0.2) is 14.2 Å². The second-order valence-electron chi connectivity index (χ2n) is 4.19. The largest absolute Gasteiger partial charge is 0.378 e. The first-order chi connectivity index (χ1) is 9.79. The molecule has 0 saturated carbocycles. The van der Waals surface area contributed by atoms with Gasteiger partial charge in [0.1, 0.15) is 10.7 Å². The third-order valence-electron chi connectivity index (χ3n) is 2.62. The van der Waals surface area contributed by atoms with E-state index in [1.165, 1.54) is 19.1 Å². The fraction of sp³-hybridized carbons (Fsp3) is 0.0714. The molecule has 21 heavy (non-hydrogen) atoms. The van der Waals surface area contributed by atoms with E-state index in [1.807, 2.05) is 0 Å². The Morgan fingerprint density at radius 2 is 1.76 bits per heavy atom. The predicted octanol–water partition coefficient (Wildman–Crippen LogP) is 3.56. The Bertz CT molecular complexity index is 785. The van der Waals surface area contributed by atoms with Gasteiger partial charge < -0.3 is 4.18 Å². The van der Waals surface area contributed by atoms with Gasteiger partial charge in [-0.05, 0) is 49.4 Å². The molecular weight excluding hydrogens is 363 g/mol. The molecule has 0 unspecified atom stereocenters. The molecule has 7 heteroatoms. The second-order valence-corrected chi connectivity index (χ2v) is 6.65. The lowest BCUT2D eigenvalue weighted by atomic mass is 10.1. The Kier molecular flexibility index (Phi) is 4.43. The Hall–Kier alpha value is -1.73. The van der Waals surface area contributed by atoms with Crippen molar-refractivity contribution in [1.29, 1.82) is 0 Å². The highest BCUT2D eigenvalue weighted by atomic mass is 79.9. The molecule has 2 aromatic carbocycles. The molecule has 0 radical (unpaired) electrons. The zero-order chi connectivity index (χ0) is 15.6. The van der Waals surface area contributed by atoms with E-state index in [0.29, 0.717) is 4.47 Å². The van der Waals surface area contributed by atoms with Crippen LogP contribution in [0.1, 0.15) is 17.3 Å². The molecule has 0 bridgehead atoms. The lowest BCUT2D eigenvalue weighted by Gasteiger charge is -2.10. The zero-order valence-electron chi connectivity index (χ0n) is 10.8. The van der Waals surface area contributed by atoms with Gasteiger partial charge in [0.05, 0.1) is 5.56 Å². The highest BCUT2D eigenvalue weighted by Gasteiger charge is 2.20. The minimum Gasteiger partial charge on any atom is -0.378 e. The first-order valence-corrected chi connectivity index (χ1v) is 8.00. The maximum Gasteiger partial charge on any atom is 0.339 e. The fourth-order valence-electron chi connectivity index (χ4n) is 1.62. The molecule has 0 aliphatic heterocycles. The van der Waals surface area contributed by atoms with Gasteiger partial charge in [0.25, 0.3) is 0 Å². The molecule has 0 aromatic heterocycles.